The molecule has 0 aliphatic heterocycles. The second-order valence-corrected chi connectivity index (χ2v) is 15.4. The molecule has 10 heteroatoms. The van der Waals surface area contributed by atoms with Gasteiger partial charge in [-0.05, 0) is 38.5 Å². The quantitative estimate of drug-likeness (QED) is 0.0234. The number of carbonyl (C=O) groups is 2. The molecular formula is C37H73NO8P+. The molecule has 0 fully saturated rings. The van der Waals surface area contributed by atoms with Crippen molar-refractivity contribution in [2.45, 2.75) is 168 Å². The lowest BCUT2D eigenvalue weighted by Gasteiger charge is -2.24. The first kappa shape index (κ1) is 45.8. The molecule has 0 aliphatic rings. The number of nitrogens with zero attached hydrogens (tertiary/aromatic N) is 1. The predicted molar refractivity (Wildman–Crippen MR) is 192 cm³/mol. The van der Waals surface area contributed by atoms with Gasteiger partial charge in [-0.3, -0.25) is 18.6 Å². The number of esters is 2. The zero-order chi connectivity index (χ0) is 35.1. The Kier molecular flexibility index (Phi) is 30.0. The first-order valence-electron chi connectivity index (χ1n) is 18.9. The van der Waals surface area contributed by atoms with E-state index in [2.05, 4.69) is 26.0 Å². The van der Waals surface area contributed by atoms with Crippen molar-refractivity contribution in [2.24, 2.45) is 0 Å². The lowest BCUT2D eigenvalue weighted by molar-refractivity contribution is -0.870. The third-order valence-electron chi connectivity index (χ3n) is 8.05. The van der Waals surface area contributed by atoms with Gasteiger partial charge >= 0.3 is 19.8 Å². The summed E-state index contributed by atoms with van der Waals surface area (Å²) in [7, 11) is 1.47. The topological polar surface area (TPSA) is 108 Å². The van der Waals surface area contributed by atoms with E-state index in [0.29, 0.717) is 17.4 Å². The normalized spacial score (nSPS) is 13.9. The first-order valence-corrected chi connectivity index (χ1v) is 20.4. The van der Waals surface area contributed by atoms with Gasteiger partial charge in [-0.25, -0.2) is 4.57 Å². The van der Waals surface area contributed by atoms with Crippen LogP contribution < -0.4 is 0 Å². The second kappa shape index (κ2) is 30.8. The molecule has 0 aromatic heterocycles. The van der Waals surface area contributed by atoms with Crippen LogP contribution in [-0.2, 0) is 32.7 Å². The number of allylic oxidation sites excluding steroid dienone is 2. The lowest BCUT2D eigenvalue weighted by Crippen LogP contribution is -2.37. The first-order chi connectivity index (χ1) is 22.5. The zero-order valence-corrected chi connectivity index (χ0v) is 31.9. The summed E-state index contributed by atoms with van der Waals surface area (Å²) in [6, 6.07) is 0. The SMILES string of the molecule is CCCCCCCCC/C=C\CCCCCCCC(=O)OC(COC(=O)CCCCCCCCC)COP(=O)(O)OCC[N+](C)(C)C. The maximum Gasteiger partial charge on any atom is 0.472 e. The molecule has 2 unspecified atom stereocenters. The molecule has 47 heavy (non-hydrogen) atoms. The number of hydrogen-bond acceptors (Lipinski definition) is 7. The second-order valence-electron chi connectivity index (χ2n) is 14.0. The average molecular weight is 691 g/mol. The van der Waals surface area contributed by atoms with Crippen LogP contribution in [0.5, 0.6) is 0 Å². The summed E-state index contributed by atoms with van der Waals surface area (Å²) in [5.74, 6) is -0.813. The zero-order valence-electron chi connectivity index (χ0n) is 31.0. The van der Waals surface area contributed by atoms with Crippen molar-refractivity contribution < 1.29 is 42.1 Å². The van der Waals surface area contributed by atoms with Crippen molar-refractivity contribution in [3.05, 3.63) is 12.2 Å². The lowest BCUT2D eigenvalue weighted by atomic mass is 10.1. The van der Waals surface area contributed by atoms with Crippen LogP contribution in [0, 0.1) is 0 Å². The van der Waals surface area contributed by atoms with Gasteiger partial charge in [0.15, 0.2) is 6.10 Å². The summed E-state index contributed by atoms with van der Waals surface area (Å²) in [6.07, 6.45) is 28.4. The maximum absolute atomic E-state index is 12.6. The summed E-state index contributed by atoms with van der Waals surface area (Å²) in [4.78, 5) is 35.0. The van der Waals surface area contributed by atoms with Gasteiger partial charge in [0.25, 0.3) is 0 Å². The fraction of sp³-hybridized carbons (Fsp3) is 0.892. The van der Waals surface area contributed by atoms with Crippen LogP contribution in [0.15, 0.2) is 12.2 Å². The van der Waals surface area contributed by atoms with Crippen molar-refractivity contribution >= 4 is 19.8 Å². The number of hydrogen-bond donors (Lipinski definition) is 1. The highest BCUT2D eigenvalue weighted by atomic mass is 31.2. The summed E-state index contributed by atoms with van der Waals surface area (Å²) in [5, 5.41) is 0. The molecule has 0 radical (unpaired) electrons. The van der Waals surface area contributed by atoms with Gasteiger partial charge in [0.05, 0.1) is 27.7 Å². The molecule has 0 bridgehead atoms. The van der Waals surface area contributed by atoms with Crippen molar-refractivity contribution in [3.63, 3.8) is 0 Å². The monoisotopic (exact) mass is 691 g/mol. The van der Waals surface area contributed by atoms with E-state index in [-0.39, 0.29) is 32.0 Å². The highest BCUT2D eigenvalue weighted by molar-refractivity contribution is 7.47. The van der Waals surface area contributed by atoms with Crippen LogP contribution in [0.2, 0.25) is 0 Å². The van der Waals surface area contributed by atoms with Gasteiger partial charge in [-0.15, -0.1) is 0 Å². The number of quaternary nitrogens is 1. The number of likely N-dealkylation sites (N-methyl/N-ethyl adjacent to an activating group) is 1. The highest BCUT2D eigenvalue weighted by Gasteiger charge is 2.27. The minimum Gasteiger partial charge on any atom is -0.462 e. The molecular weight excluding hydrogens is 617 g/mol. The number of phosphoric ester groups is 1. The summed E-state index contributed by atoms with van der Waals surface area (Å²) < 4.78 is 34.0. The molecule has 278 valence electrons. The van der Waals surface area contributed by atoms with Gasteiger partial charge in [0.2, 0.25) is 0 Å². The predicted octanol–water partition coefficient (Wildman–Crippen LogP) is 9.85. The van der Waals surface area contributed by atoms with E-state index < -0.39 is 26.5 Å². The maximum atomic E-state index is 12.6. The summed E-state index contributed by atoms with van der Waals surface area (Å²) in [5.41, 5.74) is 0. The van der Waals surface area contributed by atoms with Crippen molar-refractivity contribution in [1.82, 2.24) is 0 Å². The third kappa shape index (κ3) is 34.4. The van der Waals surface area contributed by atoms with Gasteiger partial charge in [0, 0.05) is 12.8 Å². The molecule has 0 spiro atoms. The Labute approximate surface area is 288 Å². The fourth-order valence-electron chi connectivity index (χ4n) is 5.01. The fourth-order valence-corrected chi connectivity index (χ4v) is 5.75. The molecule has 0 aromatic rings. The number of phosphoric acid groups is 1. The van der Waals surface area contributed by atoms with Crippen LogP contribution in [0.4, 0.5) is 0 Å². The Morgan fingerprint density at radius 3 is 1.57 bits per heavy atom. The molecule has 0 amide bonds. The molecule has 0 aliphatic carbocycles. The number of unbranched alkanes of at least 4 members (excludes halogenated alkanes) is 18. The summed E-state index contributed by atoms with van der Waals surface area (Å²) in [6.45, 7) is 4.35. The molecule has 0 saturated carbocycles. The molecule has 1 N–H and O–H groups in total. The van der Waals surface area contributed by atoms with Gasteiger partial charge in [-0.1, -0.05) is 122 Å². The standard InChI is InChI=1S/C37H72NO8P/c1-6-8-10-12-14-15-16-17-18-19-20-21-22-24-26-28-30-37(40)46-35(34-45-47(41,42)44-32-31-38(3,4)5)33-43-36(39)29-27-25-23-13-11-9-7-2/h18-19,35H,6-17,20-34H2,1-5H3/p+1/b19-18-. The molecule has 9 nitrogen and oxygen atoms in total. The Morgan fingerprint density at radius 1 is 0.638 bits per heavy atom. The Balaban J connectivity index is 4.38. The van der Waals surface area contributed by atoms with Crippen molar-refractivity contribution in [3.8, 4) is 0 Å². The molecule has 0 aromatic carbocycles. The van der Waals surface area contributed by atoms with Crippen molar-refractivity contribution in [2.75, 3.05) is 47.5 Å². The Morgan fingerprint density at radius 2 is 1.09 bits per heavy atom. The van der Waals surface area contributed by atoms with Crippen LogP contribution in [0.25, 0.3) is 0 Å². The molecule has 0 heterocycles. The van der Waals surface area contributed by atoms with Gasteiger partial charge in [-0.2, -0.15) is 0 Å². The number of ether oxygens (including phenoxy) is 2. The Hall–Kier alpha value is -1.25. The number of carbonyl (C=O) groups excluding carboxylic acids is 2. The summed E-state index contributed by atoms with van der Waals surface area (Å²) >= 11 is 0. The largest absolute Gasteiger partial charge is 0.472 e. The van der Waals surface area contributed by atoms with Crippen molar-refractivity contribution in [1.29, 1.82) is 0 Å². The van der Waals surface area contributed by atoms with E-state index >= 15 is 0 Å². The average Bonchev–Trinajstić information content (AvgIpc) is 3.01. The third-order valence-corrected chi connectivity index (χ3v) is 9.03. The minimum absolute atomic E-state index is 0.0324. The molecule has 0 saturated heterocycles. The minimum atomic E-state index is -4.36. The Bertz CT molecular complexity index is 830. The van der Waals surface area contributed by atoms with Gasteiger partial charge < -0.3 is 18.9 Å². The van der Waals surface area contributed by atoms with Gasteiger partial charge in [0.1, 0.15) is 19.8 Å². The smallest absolute Gasteiger partial charge is 0.462 e. The van der Waals surface area contributed by atoms with E-state index in [4.69, 9.17) is 18.5 Å². The van der Waals surface area contributed by atoms with E-state index in [9.17, 15) is 19.0 Å². The van der Waals surface area contributed by atoms with E-state index in [1.54, 1.807) is 0 Å². The van der Waals surface area contributed by atoms with Crippen LogP contribution in [0.1, 0.15) is 162 Å². The van der Waals surface area contributed by atoms with E-state index in [1.165, 1.54) is 77.0 Å². The van der Waals surface area contributed by atoms with Crippen LogP contribution in [0.3, 0.4) is 0 Å². The van der Waals surface area contributed by atoms with E-state index in [0.717, 1.165) is 51.4 Å². The molecule has 2 atom stereocenters. The highest BCUT2D eigenvalue weighted by Crippen LogP contribution is 2.43. The molecule has 0 rings (SSSR count). The van der Waals surface area contributed by atoms with Crippen LogP contribution >= 0.6 is 7.82 Å². The number of rotatable bonds is 34. The van der Waals surface area contributed by atoms with Crippen LogP contribution in [-0.4, -0.2) is 74.9 Å². The van der Waals surface area contributed by atoms with E-state index in [1.807, 2.05) is 21.1 Å².